The second-order valence-corrected chi connectivity index (χ2v) is 4.94. The second-order valence-electron chi connectivity index (χ2n) is 4.03. The van der Waals surface area contributed by atoms with Crippen molar-refractivity contribution in [3.05, 3.63) is 58.0 Å². The molecule has 2 rings (SSSR count). The van der Waals surface area contributed by atoms with E-state index in [1.165, 1.54) is 18.4 Å². The summed E-state index contributed by atoms with van der Waals surface area (Å²) < 4.78 is 44.1. The zero-order chi connectivity index (χ0) is 14.0. The normalized spacial score (nSPS) is 13.5. The minimum Gasteiger partial charge on any atom is -0.469 e. The van der Waals surface area contributed by atoms with Gasteiger partial charge in [0, 0.05) is 10.9 Å². The van der Waals surface area contributed by atoms with Gasteiger partial charge in [0.15, 0.2) is 0 Å². The average molecular weight is 335 g/mol. The van der Waals surface area contributed by atoms with Gasteiger partial charge in [-0.25, -0.2) is 0 Å². The van der Waals surface area contributed by atoms with E-state index in [4.69, 9.17) is 4.42 Å². The lowest BCUT2D eigenvalue weighted by molar-refractivity contribution is -0.139. The number of furan rings is 1. The maximum Gasteiger partial charge on any atom is 0.416 e. The highest BCUT2D eigenvalue weighted by Crippen LogP contribution is 2.37. The van der Waals surface area contributed by atoms with E-state index in [1.54, 1.807) is 12.1 Å². The molecule has 102 valence electrons. The van der Waals surface area contributed by atoms with E-state index >= 15 is 0 Å². The van der Waals surface area contributed by atoms with Crippen LogP contribution in [0.1, 0.15) is 23.0 Å². The lowest BCUT2D eigenvalue weighted by Gasteiger charge is -2.17. The van der Waals surface area contributed by atoms with Gasteiger partial charge < -0.3 is 9.52 Å². The van der Waals surface area contributed by atoms with E-state index in [-0.39, 0.29) is 12.0 Å². The molecule has 1 atom stereocenters. The van der Waals surface area contributed by atoms with Crippen molar-refractivity contribution in [3.8, 4) is 0 Å². The third-order valence-corrected chi connectivity index (χ3v) is 3.15. The van der Waals surface area contributed by atoms with Crippen molar-refractivity contribution >= 4 is 15.9 Å². The lowest BCUT2D eigenvalue weighted by Crippen LogP contribution is -2.13. The molecule has 19 heavy (non-hydrogen) atoms. The topological polar surface area (TPSA) is 33.4 Å². The molecule has 1 N–H and O–H groups in total. The molecule has 0 saturated carbocycles. The van der Waals surface area contributed by atoms with Gasteiger partial charge in [-0.2, -0.15) is 13.2 Å². The largest absolute Gasteiger partial charge is 0.469 e. The first-order valence-electron chi connectivity index (χ1n) is 5.45. The highest BCUT2D eigenvalue weighted by molar-refractivity contribution is 9.10. The maximum atomic E-state index is 12.9. The van der Waals surface area contributed by atoms with E-state index in [0.717, 1.165) is 6.07 Å². The fourth-order valence-electron chi connectivity index (χ4n) is 1.79. The number of aliphatic hydroxyl groups excluding tert-OH is 1. The summed E-state index contributed by atoms with van der Waals surface area (Å²) in [4.78, 5) is 0. The molecule has 0 spiro atoms. The summed E-state index contributed by atoms with van der Waals surface area (Å²) in [5.41, 5.74) is -1.01. The minimum atomic E-state index is -4.51. The van der Waals surface area contributed by atoms with Gasteiger partial charge in [0.2, 0.25) is 0 Å². The number of benzene rings is 1. The highest BCUT2D eigenvalue weighted by Gasteiger charge is 2.35. The Morgan fingerprint density at radius 2 is 2.00 bits per heavy atom. The van der Waals surface area contributed by atoms with Crippen molar-refractivity contribution in [2.24, 2.45) is 0 Å². The number of alkyl halides is 3. The molecule has 1 aromatic carbocycles. The SMILES string of the molecule is OC(Cc1ccco1)c1ccc(Br)cc1C(F)(F)F. The van der Waals surface area contributed by atoms with Crippen LogP contribution in [0.25, 0.3) is 0 Å². The predicted octanol–water partition coefficient (Wildman–Crippen LogP) is 4.34. The standard InChI is InChI=1S/C13H10BrF3O2/c14-8-3-4-10(11(6-8)13(15,16)17)12(18)7-9-2-1-5-19-9/h1-6,12,18H,7H2. The van der Waals surface area contributed by atoms with E-state index < -0.39 is 17.8 Å². The number of hydrogen-bond acceptors (Lipinski definition) is 2. The van der Waals surface area contributed by atoms with Crippen LogP contribution in [0.3, 0.4) is 0 Å². The van der Waals surface area contributed by atoms with Crippen LogP contribution in [-0.2, 0) is 12.6 Å². The quantitative estimate of drug-likeness (QED) is 0.905. The van der Waals surface area contributed by atoms with Crippen molar-refractivity contribution in [2.75, 3.05) is 0 Å². The second kappa shape index (κ2) is 5.38. The molecule has 0 bridgehead atoms. The van der Waals surface area contributed by atoms with E-state index in [2.05, 4.69) is 15.9 Å². The molecule has 0 radical (unpaired) electrons. The Balaban J connectivity index is 2.33. The van der Waals surface area contributed by atoms with Crippen LogP contribution in [0.4, 0.5) is 13.2 Å². The third kappa shape index (κ3) is 3.39. The Hall–Kier alpha value is -1.27. The number of hydrogen-bond donors (Lipinski definition) is 1. The van der Waals surface area contributed by atoms with Gasteiger partial charge in [-0.15, -0.1) is 0 Å². The molecule has 1 unspecified atom stereocenters. The van der Waals surface area contributed by atoms with Crippen LogP contribution < -0.4 is 0 Å². The Labute approximate surface area is 116 Å². The van der Waals surface area contributed by atoms with Crippen LogP contribution >= 0.6 is 15.9 Å². The molecule has 0 saturated heterocycles. The van der Waals surface area contributed by atoms with Gasteiger partial charge in [0.05, 0.1) is 17.9 Å². The van der Waals surface area contributed by atoms with Crippen molar-refractivity contribution in [2.45, 2.75) is 18.7 Å². The van der Waals surface area contributed by atoms with Gasteiger partial charge in [0.1, 0.15) is 5.76 Å². The van der Waals surface area contributed by atoms with E-state index in [1.807, 2.05) is 0 Å². The molecule has 0 amide bonds. The first-order chi connectivity index (χ1) is 8.88. The summed E-state index contributed by atoms with van der Waals surface area (Å²) in [7, 11) is 0. The van der Waals surface area contributed by atoms with Crippen LogP contribution in [-0.4, -0.2) is 5.11 Å². The van der Waals surface area contributed by atoms with Gasteiger partial charge in [-0.05, 0) is 29.8 Å². The van der Waals surface area contributed by atoms with Crippen molar-refractivity contribution in [1.82, 2.24) is 0 Å². The lowest BCUT2D eigenvalue weighted by atomic mass is 9.99. The van der Waals surface area contributed by atoms with Crippen LogP contribution in [0, 0.1) is 0 Å². The summed E-state index contributed by atoms with van der Waals surface area (Å²) in [6, 6.07) is 6.92. The zero-order valence-electron chi connectivity index (χ0n) is 9.62. The van der Waals surface area contributed by atoms with Crippen molar-refractivity contribution in [3.63, 3.8) is 0 Å². The summed E-state index contributed by atoms with van der Waals surface area (Å²) in [6.45, 7) is 0. The maximum absolute atomic E-state index is 12.9. The highest BCUT2D eigenvalue weighted by atomic mass is 79.9. The first kappa shape index (κ1) is 14.1. The number of rotatable bonds is 3. The Kier molecular flexibility index (Phi) is 4.01. The summed E-state index contributed by atoms with van der Waals surface area (Å²) >= 11 is 3.00. The molecule has 6 heteroatoms. The third-order valence-electron chi connectivity index (χ3n) is 2.65. The Bertz CT molecular complexity index is 550. The van der Waals surface area contributed by atoms with Gasteiger partial charge in [-0.3, -0.25) is 0 Å². The first-order valence-corrected chi connectivity index (χ1v) is 6.24. The van der Waals surface area contributed by atoms with Crippen LogP contribution in [0.2, 0.25) is 0 Å². The molecule has 2 aromatic rings. The monoisotopic (exact) mass is 334 g/mol. The fourth-order valence-corrected chi connectivity index (χ4v) is 2.15. The molecule has 0 aliphatic carbocycles. The molecule has 1 aromatic heterocycles. The molecule has 1 heterocycles. The van der Waals surface area contributed by atoms with E-state index in [0.29, 0.717) is 10.2 Å². The smallest absolute Gasteiger partial charge is 0.416 e. The Morgan fingerprint density at radius 1 is 1.26 bits per heavy atom. The van der Waals surface area contributed by atoms with Gasteiger partial charge in [0.25, 0.3) is 0 Å². The predicted molar refractivity (Wildman–Crippen MR) is 66.5 cm³/mol. The van der Waals surface area contributed by atoms with E-state index in [9.17, 15) is 18.3 Å². The molecule has 0 aliphatic rings. The minimum absolute atomic E-state index is 0.00227. The zero-order valence-corrected chi connectivity index (χ0v) is 11.2. The van der Waals surface area contributed by atoms with Gasteiger partial charge in [-0.1, -0.05) is 22.0 Å². The number of halogens is 4. The molecule has 0 aliphatic heterocycles. The molecule has 0 fully saturated rings. The van der Waals surface area contributed by atoms with Crippen molar-refractivity contribution in [1.29, 1.82) is 0 Å². The molecular formula is C13H10BrF3O2. The average Bonchev–Trinajstić information content (AvgIpc) is 2.80. The summed E-state index contributed by atoms with van der Waals surface area (Å²) in [6.07, 6.45) is -4.37. The fraction of sp³-hybridized carbons (Fsp3) is 0.231. The van der Waals surface area contributed by atoms with Crippen LogP contribution in [0.5, 0.6) is 0 Å². The molecular weight excluding hydrogens is 325 g/mol. The molecule has 2 nitrogen and oxygen atoms in total. The summed E-state index contributed by atoms with van der Waals surface area (Å²) in [5, 5.41) is 9.95. The summed E-state index contributed by atoms with van der Waals surface area (Å²) in [5.74, 6) is 0.434. The van der Waals surface area contributed by atoms with Gasteiger partial charge >= 0.3 is 6.18 Å². The van der Waals surface area contributed by atoms with Crippen LogP contribution in [0.15, 0.2) is 45.5 Å². The van der Waals surface area contributed by atoms with Crippen molar-refractivity contribution < 1.29 is 22.7 Å². The number of aliphatic hydroxyl groups is 1. The Morgan fingerprint density at radius 3 is 2.58 bits per heavy atom.